The highest BCUT2D eigenvalue weighted by Gasteiger charge is 2.25. The molecular weight excluding hydrogens is 376 g/mol. The molecule has 29 heavy (non-hydrogen) atoms. The Labute approximate surface area is 181 Å². The predicted octanol–water partition coefficient (Wildman–Crippen LogP) is 7.90. The molecule has 0 aliphatic carbocycles. The second kappa shape index (κ2) is 9.04. The molecule has 0 saturated carbocycles. The third-order valence-corrected chi connectivity index (χ3v) is 6.63. The van der Waals surface area contributed by atoms with Gasteiger partial charge in [-0.3, -0.25) is 0 Å². The zero-order chi connectivity index (χ0) is 22.0. The van der Waals surface area contributed by atoms with E-state index in [0.717, 1.165) is 22.6 Å². The van der Waals surface area contributed by atoms with Gasteiger partial charge in [0.2, 0.25) is 0 Å². The van der Waals surface area contributed by atoms with Gasteiger partial charge in [0.05, 0.1) is 9.79 Å². The van der Waals surface area contributed by atoms with E-state index in [4.69, 9.17) is 0 Å². The largest absolute Gasteiger partial charge is 0.507 e. The fraction of sp³-hybridized carbons (Fsp3) is 0.538. The average Bonchev–Trinajstić information content (AvgIpc) is 2.56. The fourth-order valence-electron chi connectivity index (χ4n) is 4.43. The van der Waals surface area contributed by atoms with Crippen molar-refractivity contribution < 1.29 is 10.2 Å². The Hall–Kier alpha value is -1.61. The molecule has 160 valence electrons. The Morgan fingerprint density at radius 2 is 1.03 bits per heavy atom. The lowest BCUT2D eigenvalue weighted by Crippen LogP contribution is -2.19. The van der Waals surface area contributed by atoms with Gasteiger partial charge in [0.15, 0.2) is 0 Å². The van der Waals surface area contributed by atoms with E-state index in [1.807, 2.05) is 12.1 Å². The van der Waals surface area contributed by atoms with Gasteiger partial charge >= 0.3 is 0 Å². The molecule has 0 radical (unpaired) electrons. The molecule has 3 heteroatoms. The predicted molar refractivity (Wildman–Crippen MR) is 125 cm³/mol. The van der Waals surface area contributed by atoms with Crippen LogP contribution in [0.3, 0.4) is 0 Å². The summed E-state index contributed by atoms with van der Waals surface area (Å²) in [5, 5.41) is 21.0. The third-order valence-electron chi connectivity index (χ3n) is 5.54. The Kier molecular flexibility index (Phi) is 7.37. The van der Waals surface area contributed by atoms with Gasteiger partial charge < -0.3 is 10.2 Å². The minimum atomic E-state index is 0.0281. The summed E-state index contributed by atoms with van der Waals surface area (Å²) >= 11 is 1.44. The molecule has 2 rings (SSSR count). The lowest BCUT2D eigenvalue weighted by atomic mass is 9.78. The van der Waals surface area contributed by atoms with E-state index in [1.54, 1.807) is 12.1 Å². The van der Waals surface area contributed by atoms with Crippen LogP contribution in [0.2, 0.25) is 0 Å². The summed E-state index contributed by atoms with van der Waals surface area (Å²) in [7, 11) is 0. The Morgan fingerprint density at radius 1 is 0.690 bits per heavy atom. The smallest absolute Gasteiger partial charge is 0.129 e. The molecule has 0 fully saturated rings. The summed E-state index contributed by atoms with van der Waals surface area (Å²) in [6.07, 6.45) is 2.15. The Balaban J connectivity index is 2.39. The lowest BCUT2D eigenvalue weighted by Gasteiger charge is -2.28. The van der Waals surface area contributed by atoms with Gasteiger partial charge in [-0.1, -0.05) is 79.3 Å². The second-order valence-electron chi connectivity index (χ2n) is 10.4. The first kappa shape index (κ1) is 23.7. The van der Waals surface area contributed by atoms with Crippen LogP contribution in [-0.2, 0) is 10.8 Å². The van der Waals surface area contributed by atoms with Crippen molar-refractivity contribution >= 4 is 11.8 Å². The number of rotatable bonds is 8. The zero-order valence-corrected chi connectivity index (χ0v) is 20.2. The molecule has 2 N–H and O–H groups in total. The molecule has 0 saturated heterocycles. The van der Waals surface area contributed by atoms with Crippen molar-refractivity contribution in [1.29, 1.82) is 0 Å². The molecule has 2 aromatic carbocycles. The molecule has 0 spiro atoms. The van der Waals surface area contributed by atoms with Crippen LogP contribution >= 0.6 is 11.8 Å². The summed E-state index contributed by atoms with van der Waals surface area (Å²) in [6, 6.07) is 11.8. The molecular formula is C26H38O2S. The van der Waals surface area contributed by atoms with Crippen molar-refractivity contribution in [1.82, 2.24) is 0 Å². The lowest BCUT2D eigenvalue weighted by molar-refractivity contribution is 0.397. The normalized spacial score (nSPS) is 12.8. The number of phenols is 2. The first-order valence-corrected chi connectivity index (χ1v) is 11.5. The SMILES string of the molecule is CC(C)CC(C)(C)c1ccc(O)c(Sc2cc(C(C)(C)CC(C)C)ccc2O)c1. The van der Waals surface area contributed by atoms with Crippen LogP contribution in [0.1, 0.15) is 79.4 Å². The molecule has 0 unspecified atom stereocenters. The van der Waals surface area contributed by atoms with Crippen molar-refractivity contribution in [2.24, 2.45) is 11.8 Å². The third kappa shape index (κ3) is 6.18. The van der Waals surface area contributed by atoms with E-state index in [0.29, 0.717) is 11.8 Å². The highest BCUT2D eigenvalue weighted by molar-refractivity contribution is 7.99. The summed E-state index contributed by atoms with van der Waals surface area (Å²) in [5.41, 5.74) is 2.48. The highest BCUT2D eigenvalue weighted by atomic mass is 32.2. The van der Waals surface area contributed by atoms with Crippen molar-refractivity contribution in [2.75, 3.05) is 0 Å². The topological polar surface area (TPSA) is 40.5 Å². The number of phenolic OH excluding ortho intramolecular Hbond substituents is 2. The molecule has 0 bridgehead atoms. The molecule has 0 heterocycles. The van der Waals surface area contributed by atoms with Crippen LogP contribution in [-0.4, -0.2) is 10.2 Å². The van der Waals surface area contributed by atoms with Gasteiger partial charge in [0, 0.05) is 0 Å². The standard InChI is InChI=1S/C26H38O2S/c1-17(2)15-25(5,6)19-9-11-21(27)23(13-19)29-24-14-20(10-12-22(24)28)26(7,8)16-18(3)4/h9-14,17-18,27-28H,15-16H2,1-8H3. The Morgan fingerprint density at radius 3 is 1.34 bits per heavy atom. The van der Waals surface area contributed by atoms with Crippen molar-refractivity contribution in [3.63, 3.8) is 0 Å². The fourth-order valence-corrected chi connectivity index (χ4v) is 5.38. The molecule has 2 nitrogen and oxygen atoms in total. The first-order valence-electron chi connectivity index (χ1n) is 10.7. The Bertz CT molecular complexity index is 765. The number of hydrogen-bond donors (Lipinski definition) is 2. The minimum absolute atomic E-state index is 0.0281. The van der Waals surface area contributed by atoms with Gasteiger partial charge in [-0.05, 0) is 70.9 Å². The van der Waals surface area contributed by atoms with E-state index >= 15 is 0 Å². The van der Waals surface area contributed by atoms with E-state index < -0.39 is 0 Å². The van der Waals surface area contributed by atoms with Gasteiger partial charge in [0.1, 0.15) is 11.5 Å². The van der Waals surface area contributed by atoms with Crippen LogP contribution in [0.4, 0.5) is 0 Å². The van der Waals surface area contributed by atoms with Gasteiger partial charge in [-0.25, -0.2) is 0 Å². The zero-order valence-electron chi connectivity index (χ0n) is 19.3. The van der Waals surface area contributed by atoms with Crippen LogP contribution < -0.4 is 0 Å². The van der Waals surface area contributed by atoms with Gasteiger partial charge in [0.25, 0.3) is 0 Å². The highest BCUT2D eigenvalue weighted by Crippen LogP contribution is 2.43. The molecule has 0 aliphatic heterocycles. The van der Waals surface area contributed by atoms with E-state index in [1.165, 1.54) is 22.9 Å². The average molecular weight is 415 g/mol. The van der Waals surface area contributed by atoms with Crippen molar-refractivity contribution in [3.8, 4) is 11.5 Å². The maximum absolute atomic E-state index is 10.5. The maximum atomic E-state index is 10.5. The summed E-state index contributed by atoms with van der Waals surface area (Å²) < 4.78 is 0. The van der Waals surface area contributed by atoms with Crippen LogP contribution in [0.25, 0.3) is 0 Å². The molecule has 0 atom stereocenters. The van der Waals surface area contributed by atoms with Crippen LogP contribution in [0, 0.1) is 11.8 Å². The quantitative estimate of drug-likeness (QED) is 0.461. The molecule has 2 aromatic rings. The van der Waals surface area contributed by atoms with Crippen LogP contribution in [0.5, 0.6) is 11.5 Å². The maximum Gasteiger partial charge on any atom is 0.129 e. The number of aromatic hydroxyl groups is 2. The summed E-state index contributed by atoms with van der Waals surface area (Å²) in [5.74, 6) is 1.70. The first-order chi connectivity index (χ1) is 13.3. The van der Waals surface area contributed by atoms with Gasteiger partial charge in [-0.2, -0.15) is 0 Å². The molecule has 0 aromatic heterocycles. The number of hydrogen-bond acceptors (Lipinski definition) is 3. The number of benzene rings is 2. The van der Waals surface area contributed by atoms with E-state index in [-0.39, 0.29) is 22.3 Å². The van der Waals surface area contributed by atoms with E-state index in [2.05, 4.69) is 67.5 Å². The minimum Gasteiger partial charge on any atom is -0.507 e. The summed E-state index contributed by atoms with van der Waals surface area (Å²) in [6.45, 7) is 17.9. The van der Waals surface area contributed by atoms with E-state index in [9.17, 15) is 10.2 Å². The second-order valence-corrected chi connectivity index (χ2v) is 11.5. The van der Waals surface area contributed by atoms with Crippen LogP contribution in [0.15, 0.2) is 46.2 Å². The van der Waals surface area contributed by atoms with Crippen molar-refractivity contribution in [3.05, 3.63) is 47.5 Å². The molecule has 0 aliphatic rings. The van der Waals surface area contributed by atoms with Gasteiger partial charge in [-0.15, -0.1) is 0 Å². The molecule has 0 amide bonds. The summed E-state index contributed by atoms with van der Waals surface area (Å²) in [4.78, 5) is 1.57. The van der Waals surface area contributed by atoms with Crippen molar-refractivity contribution in [2.45, 2.75) is 88.9 Å². The monoisotopic (exact) mass is 414 g/mol.